The Kier molecular flexibility index (Phi) is 6.48. The first-order valence-corrected chi connectivity index (χ1v) is 12.2. The average molecular weight is 454 g/mol. The minimum atomic E-state index is -0.393. The zero-order valence-corrected chi connectivity index (χ0v) is 19.5. The molecule has 34 heavy (non-hydrogen) atoms. The summed E-state index contributed by atoms with van der Waals surface area (Å²) in [6.07, 6.45) is 1.29. The molecule has 0 unspecified atom stereocenters. The first kappa shape index (κ1) is 22.4. The quantitative estimate of drug-likeness (QED) is 0.486. The van der Waals surface area contributed by atoms with E-state index in [0.29, 0.717) is 18.6 Å². The molecule has 2 fully saturated rings. The number of benzene rings is 3. The van der Waals surface area contributed by atoms with Crippen LogP contribution in [0.25, 0.3) is 0 Å². The molecule has 4 heteroatoms. The van der Waals surface area contributed by atoms with E-state index in [1.165, 1.54) is 0 Å². The summed E-state index contributed by atoms with van der Waals surface area (Å²) in [6.45, 7) is 1.96. The van der Waals surface area contributed by atoms with E-state index in [0.717, 1.165) is 23.1 Å². The van der Waals surface area contributed by atoms with Crippen LogP contribution >= 0.6 is 0 Å². The highest BCUT2D eigenvalue weighted by Crippen LogP contribution is 2.52. The van der Waals surface area contributed by atoms with Gasteiger partial charge < -0.3 is 10.1 Å². The molecule has 2 aliphatic rings. The molecule has 5 rings (SSSR count). The highest BCUT2D eigenvalue weighted by atomic mass is 16.6. The van der Waals surface area contributed by atoms with E-state index < -0.39 is 6.09 Å². The van der Waals surface area contributed by atoms with Gasteiger partial charge in [0.2, 0.25) is 0 Å². The molecule has 174 valence electrons. The number of hydrogen-bond donors (Lipinski definition) is 1. The summed E-state index contributed by atoms with van der Waals surface area (Å²) in [5.74, 6) is 0.595. The van der Waals surface area contributed by atoms with Crippen LogP contribution in [0.5, 0.6) is 0 Å². The Morgan fingerprint density at radius 1 is 0.794 bits per heavy atom. The molecule has 0 saturated heterocycles. The van der Waals surface area contributed by atoms with Crippen molar-refractivity contribution >= 4 is 11.9 Å². The summed E-state index contributed by atoms with van der Waals surface area (Å²) >= 11 is 0. The van der Waals surface area contributed by atoms with Crippen LogP contribution in [0.4, 0.5) is 4.79 Å². The standard InChI is InChI=1S/C30H31NO3/c1-20(21-11-5-2-6-12-21)31-30(33)34-29-19-25(23-15-9-4-10-16-23)26-17-27(29)24(18-28(26)32)22-13-7-3-8-14-22/h2-16,20,24-27,29H,17-19H2,1H3,(H,31,33)/t20-,24+,25+,26+,27-,29-/m1/s1. The number of hydrogen-bond acceptors (Lipinski definition) is 3. The lowest BCUT2D eigenvalue weighted by atomic mass is 9.58. The lowest BCUT2D eigenvalue weighted by Gasteiger charge is -2.47. The largest absolute Gasteiger partial charge is 0.446 e. The lowest BCUT2D eigenvalue weighted by molar-refractivity contribution is -0.132. The van der Waals surface area contributed by atoms with Crippen LogP contribution in [-0.4, -0.2) is 18.0 Å². The van der Waals surface area contributed by atoms with Gasteiger partial charge in [0, 0.05) is 18.3 Å². The van der Waals surface area contributed by atoms with E-state index in [1.807, 2.05) is 73.7 Å². The number of amides is 1. The van der Waals surface area contributed by atoms with Gasteiger partial charge in [-0.15, -0.1) is 0 Å². The monoisotopic (exact) mass is 453 g/mol. The second-order valence-corrected chi connectivity index (χ2v) is 9.67. The SMILES string of the molecule is C[C@@H](NC(=O)O[C@@H]1C[C@@H](c2ccccc2)[C@@H]2C[C@@H]1[C@H](c1ccccc1)CC2=O)c1ccccc1. The van der Waals surface area contributed by atoms with Crippen molar-refractivity contribution in [2.45, 2.75) is 50.2 Å². The number of ketones is 1. The minimum absolute atomic E-state index is 0.0153. The molecule has 0 spiro atoms. The van der Waals surface area contributed by atoms with Gasteiger partial charge in [-0.2, -0.15) is 0 Å². The maximum atomic E-state index is 13.3. The van der Waals surface area contributed by atoms with Gasteiger partial charge in [-0.25, -0.2) is 4.79 Å². The fourth-order valence-corrected chi connectivity index (χ4v) is 5.94. The van der Waals surface area contributed by atoms with Crippen molar-refractivity contribution in [3.8, 4) is 0 Å². The first-order valence-electron chi connectivity index (χ1n) is 12.2. The normalized spacial score (nSPS) is 27.0. The third-order valence-electron chi connectivity index (χ3n) is 7.67. The van der Waals surface area contributed by atoms with E-state index >= 15 is 0 Å². The first-order chi connectivity index (χ1) is 16.6. The van der Waals surface area contributed by atoms with Gasteiger partial charge in [0.25, 0.3) is 0 Å². The molecule has 0 aromatic heterocycles. The van der Waals surface area contributed by atoms with Gasteiger partial charge in [0.1, 0.15) is 11.9 Å². The molecule has 1 amide bonds. The molecule has 6 atom stereocenters. The van der Waals surface area contributed by atoms with E-state index in [4.69, 9.17) is 4.74 Å². The third-order valence-corrected chi connectivity index (χ3v) is 7.67. The molecule has 2 aliphatic carbocycles. The number of carbonyl (C=O) groups is 2. The Morgan fingerprint density at radius 3 is 1.97 bits per heavy atom. The van der Waals surface area contributed by atoms with Gasteiger partial charge in [0.05, 0.1) is 6.04 Å². The Hall–Kier alpha value is -3.40. The van der Waals surface area contributed by atoms with E-state index in [-0.39, 0.29) is 35.8 Å². The molecule has 3 aromatic rings. The number of carbonyl (C=O) groups excluding carboxylic acids is 2. The van der Waals surface area contributed by atoms with Crippen molar-refractivity contribution in [1.29, 1.82) is 0 Å². The van der Waals surface area contributed by atoms with Crippen LogP contribution in [0.15, 0.2) is 91.0 Å². The zero-order valence-electron chi connectivity index (χ0n) is 19.5. The van der Waals surface area contributed by atoms with Gasteiger partial charge >= 0.3 is 6.09 Å². The summed E-state index contributed by atoms with van der Waals surface area (Å²) in [6, 6.07) is 30.2. The molecule has 2 bridgehead atoms. The highest BCUT2D eigenvalue weighted by Gasteiger charge is 2.50. The predicted octanol–water partition coefficient (Wildman–Crippen LogP) is 6.41. The fraction of sp³-hybridized carbons (Fsp3) is 0.333. The molecule has 1 N–H and O–H groups in total. The number of alkyl carbamates (subject to hydrolysis) is 1. The molecular weight excluding hydrogens is 422 g/mol. The van der Waals surface area contributed by atoms with E-state index in [1.54, 1.807) is 0 Å². The third kappa shape index (κ3) is 4.63. The topological polar surface area (TPSA) is 55.4 Å². The van der Waals surface area contributed by atoms with E-state index in [2.05, 4.69) is 29.6 Å². The van der Waals surface area contributed by atoms with Crippen LogP contribution < -0.4 is 5.32 Å². The van der Waals surface area contributed by atoms with Gasteiger partial charge in [0.15, 0.2) is 0 Å². The van der Waals surface area contributed by atoms with Crippen LogP contribution in [0.3, 0.4) is 0 Å². The van der Waals surface area contributed by atoms with Crippen molar-refractivity contribution in [3.05, 3.63) is 108 Å². The molecule has 3 aromatic carbocycles. The van der Waals surface area contributed by atoms with Crippen molar-refractivity contribution in [2.24, 2.45) is 11.8 Å². The molecule has 0 radical (unpaired) electrons. The van der Waals surface area contributed by atoms with Crippen molar-refractivity contribution in [1.82, 2.24) is 5.32 Å². The second kappa shape index (κ2) is 9.84. The predicted molar refractivity (Wildman–Crippen MR) is 132 cm³/mol. The summed E-state index contributed by atoms with van der Waals surface area (Å²) < 4.78 is 6.15. The second-order valence-electron chi connectivity index (χ2n) is 9.67. The Bertz CT molecular complexity index is 1080. The highest BCUT2D eigenvalue weighted by molar-refractivity contribution is 5.84. The van der Waals surface area contributed by atoms with Crippen molar-refractivity contribution in [2.75, 3.05) is 0 Å². The number of ether oxygens (including phenoxy) is 1. The zero-order chi connectivity index (χ0) is 23.5. The Balaban J connectivity index is 1.39. The average Bonchev–Trinajstić information content (AvgIpc) is 2.88. The number of nitrogens with one attached hydrogen (secondary N) is 1. The summed E-state index contributed by atoms with van der Waals surface area (Å²) in [4.78, 5) is 26.3. The molecule has 0 heterocycles. The Morgan fingerprint density at radius 2 is 1.35 bits per heavy atom. The number of fused-ring (bicyclic) bond motifs is 2. The van der Waals surface area contributed by atoms with Gasteiger partial charge in [-0.3, -0.25) is 4.79 Å². The maximum Gasteiger partial charge on any atom is 0.407 e. The fourth-order valence-electron chi connectivity index (χ4n) is 5.94. The van der Waals surface area contributed by atoms with Gasteiger partial charge in [-0.05, 0) is 48.3 Å². The number of Topliss-reactive ketones (excluding diaryl/α,β-unsaturated/α-hetero) is 1. The molecule has 0 aliphatic heterocycles. The summed E-state index contributed by atoms with van der Waals surface area (Å²) in [5.41, 5.74) is 3.35. The van der Waals surface area contributed by atoms with Crippen LogP contribution in [0.2, 0.25) is 0 Å². The maximum absolute atomic E-state index is 13.3. The van der Waals surface area contributed by atoms with Crippen molar-refractivity contribution < 1.29 is 14.3 Å². The molecular formula is C30H31NO3. The summed E-state index contributed by atoms with van der Waals surface area (Å²) in [7, 11) is 0. The minimum Gasteiger partial charge on any atom is -0.446 e. The summed E-state index contributed by atoms with van der Waals surface area (Å²) in [5, 5.41) is 3.01. The van der Waals surface area contributed by atoms with Crippen LogP contribution in [0, 0.1) is 11.8 Å². The van der Waals surface area contributed by atoms with Gasteiger partial charge in [-0.1, -0.05) is 91.0 Å². The van der Waals surface area contributed by atoms with Crippen molar-refractivity contribution in [3.63, 3.8) is 0 Å². The van der Waals surface area contributed by atoms with E-state index in [9.17, 15) is 9.59 Å². The molecule has 2 saturated carbocycles. The smallest absolute Gasteiger partial charge is 0.407 e. The Labute approximate surface area is 201 Å². The van der Waals surface area contributed by atoms with Crippen LogP contribution in [-0.2, 0) is 9.53 Å². The lowest BCUT2D eigenvalue weighted by Crippen LogP contribution is -2.48. The van der Waals surface area contributed by atoms with Crippen LogP contribution in [0.1, 0.15) is 60.8 Å². The number of rotatable bonds is 5. The molecule has 4 nitrogen and oxygen atoms in total.